The molecule has 0 aliphatic carbocycles. The Morgan fingerprint density at radius 1 is 0.585 bits per heavy atom. The molecule has 1 N–H and O–H groups in total. The summed E-state index contributed by atoms with van der Waals surface area (Å²) >= 11 is 12.0. The number of hydrogen-bond donors (Lipinski definition) is 3. The third-order valence-electron chi connectivity index (χ3n) is 10.6. The highest BCUT2D eigenvalue weighted by Gasteiger charge is 2.36. The highest BCUT2D eigenvalue weighted by Crippen LogP contribution is 2.55. The maximum atomic E-state index is 11.7. The number of aliphatic hydroxyl groups excluding tert-OH is 1. The van der Waals surface area contributed by atoms with Crippen LogP contribution in [0.5, 0.6) is 0 Å². The molecule has 0 saturated carbocycles. The Hall–Kier alpha value is -1.99. The second-order valence-corrected chi connectivity index (χ2v) is 21.8. The van der Waals surface area contributed by atoms with Crippen LogP contribution in [0.2, 0.25) is 0 Å². The third-order valence-corrected chi connectivity index (χ3v) is 15.0. The van der Waals surface area contributed by atoms with Gasteiger partial charge in [-0.25, -0.2) is 0 Å². The minimum Gasteiger partial charge on any atom is -0.388 e. The molecule has 1 atom stereocenters. The lowest BCUT2D eigenvalue weighted by molar-refractivity contribution is 0.0977. The first-order valence-corrected chi connectivity index (χ1v) is 29.6. The molecule has 0 radical (unpaired) electrons. The molecular formula is C57H89O3PS4. The zero-order valence-corrected chi connectivity index (χ0v) is 46.6. The van der Waals surface area contributed by atoms with Crippen molar-refractivity contribution in [2.75, 3.05) is 36.3 Å². The molecule has 8 heteroatoms. The van der Waals surface area contributed by atoms with Crippen molar-refractivity contribution in [2.24, 2.45) is 0 Å². The lowest BCUT2D eigenvalue weighted by Gasteiger charge is -2.28. The Bertz CT molecular complexity index is 1720. The van der Waals surface area contributed by atoms with Gasteiger partial charge in [0, 0.05) is 29.1 Å². The van der Waals surface area contributed by atoms with Gasteiger partial charge in [-0.05, 0) is 89.8 Å². The molecule has 4 aromatic rings. The van der Waals surface area contributed by atoms with Gasteiger partial charge in [0.1, 0.15) is 0 Å². The van der Waals surface area contributed by atoms with Crippen molar-refractivity contribution in [3.05, 3.63) is 142 Å². The molecule has 65 heavy (non-hydrogen) atoms. The number of Topliss-reactive ketones (excluding diaryl/α,β-unsaturated/α-hetero) is 2. The maximum Gasteiger partial charge on any atom is 0.162 e. The van der Waals surface area contributed by atoms with E-state index in [1.165, 1.54) is 110 Å². The van der Waals surface area contributed by atoms with Crippen molar-refractivity contribution in [3.8, 4) is 0 Å². The fourth-order valence-corrected chi connectivity index (χ4v) is 9.95. The second-order valence-electron chi connectivity index (χ2n) is 16.9. The van der Waals surface area contributed by atoms with Crippen LogP contribution in [0.25, 0.3) is 0 Å². The van der Waals surface area contributed by atoms with Gasteiger partial charge in [-0.1, -0.05) is 211 Å². The van der Waals surface area contributed by atoms with Gasteiger partial charge in [-0.3, -0.25) is 9.59 Å². The minimum absolute atomic E-state index is 0.125. The Morgan fingerprint density at radius 3 is 1.38 bits per heavy atom. The van der Waals surface area contributed by atoms with E-state index < -0.39 is 0 Å². The number of carbonyl (C=O) groups excluding carboxylic acids is 2. The summed E-state index contributed by atoms with van der Waals surface area (Å²) in [4.78, 5) is 22.5. The van der Waals surface area contributed by atoms with Gasteiger partial charge in [0.05, 0.1) is 10.2 Å². The maximum absolute atomic E-state index is 11.7. The number of aryl methyl sites for hydroxylation is 4. The Kier molecular flexibility index (Phi) is 39.8. The summed E-state index contributed by atoms with van der Waals surface area (Å²) in [6.45, 7) is 20.8. The van der Waals surface area contributed by atoms with Gasteiger partial charge >= 0.3 is 0 Å². The average molecular weight is 982 g/mol. The molecule has 0 spiro atoms. The van der Waals surface area contributed by atoms with Gasteiger partial charge in [0.15, 0.2) is 11.6 Å². The van der Waals surface area contributed by atoms with Crippen molar-refractivity contribution < 1.29 is 14.7 Å². The summed E-state index contributed by atoms with van der Waals surface area (Å²) in [5.74, 6) is 4.79. The molecule has 1 aliphatic rings. The predicted octanol–water partition coefficient (Wildman–Crippen LogP) is 17.7. The number of hydrogen-bond acceptors (Lipinski definition) is 7. The van der Waals surface area contributed by atoms with E-state index in [-0.39, 0.29) is 17.7 Å². The average Bonchev–Trinajstić information content (AvgIpc) is 3.80. The van der Waals surface area contributed by atoms with Crippen LogP contribution < -0.4 is 0 Å². The minimum atomic E-state index is -0.276. The third kappa shape index (κ3) is 30.9. The molecule has 364 valence electrons. The fourth-order valence-electron chi connectivity index (χ4n) is 6.61. The van der Waals surface area contributed by atoms with Crippen LogP contribution >= 0.6 is 57.4 Å². The molecule has 4 aromatic carbocycles. The summed E-state index contributed by atoms with van der Waals surface area (Å²) in [5, 5.41) is 9.91. The Balaban J connectivity index is 0.000000811. The SMILES string of the molecule is CC(=O)c1ccc(C)cc1.CCCCCCC(=O)c1ccc(C)cc1.CCCCCCC(O)c1ccc(C)cc1.CCCCCCC1(c2ccc(C)cc2)SCCS1.CPC.SCCS. The topological polar surface area (TPSA) is 54.4 Å². The van der Waals surface area contributed by atoms with E-state index in [9.17, 15) is 14.7 Å². The zero-order chi connectivity index (χ0) is 48.7. The van der Waals surface area contributed by atoms with Crippen molar-refractivity contribution in [1.82, 2.24) is 0 Å². The number of thioether (sulfide) groups is 2. The summed E-state index contributed by atoms with van der Waals surface area (Å²) in [5.41, 5.74) is 9.24. The first kappa shape index (κ1) is 63.0. The first-order chi connectivity index (χ1) is 31.3. The molecule has 1 heterocycles. The quantitative estimate of drug-likeness (QED) is 0.0357. The van der Waals surface area contributed by atoms with Crippen molar-refractivity contribution in [1.29, 1.82) is 0 Å². The number of benzene rings is 4. The molecule has 0 aromatic heterocycles. The normalized spacial score (nSPS) is 12.5. The van der Waals surface area contributed by atoms with Crippen molar-refractivity contribution in [3.63, 3.8) is 0 Å². The van der Waals surface area contributed by atoms with E-state index in [1.54, 1.807) is 6.92 Å². The van der Waals surface area contributed by atoms with Crippen LogP contribution in [-0.2, 0) is 4.08 Å². The van der Waals surface area contributed by atoms with Crippen LogP contribution in [0, 0.1) is 27.7 Å². The Labute approximate surface area is 420 Å². The monoisotopic (exact) mass is 981 g/mol. The number of aliphatic hydroxyl groups is 1. The molecule has 1 saturated heterocycles. The summed E-state index contributed by atoms with van der Waals surface area (Å²) in [7, 11) is 1.08. The number of rotatable bonds is 20. The van der Waals surface area contributed by atoms with E-state index in [4.69, 9.17) is 0 Å². The van der Waals surface area contributed by atoms with Gasteiger partial charge in [-0.15, -0.1) is 32.1 Å². The van der Waals surface area contributed by atoms with Gasteiger partial charge in [0.25, 0.3) is 0 Å². The van der Waals surface area contributed by atoms with Crippen LogP contribution in [0.1, 0.15) is 184 Å². The molecule has 1 fully saturated rings. The van der Waals surface area contributed by atoms with Crippen LogP contribution in [0.4, 0.5) is 0 Å². The number of unbranched alkanes of at least 4 members (excludes halogenated alkanes) is 9. The molecule has 1 unspecified atom stereocenters. The highest BCUT2D eigenvalue weighted by atomic mass is 32.2. The van der Waals surface area contributed by atoms with E-state index in [2.05, 4.69) is 133 Å². The number of thiol groups is 2. The summed E-state index contributed by atoms with van der Waals surface area (Å²) in [6.07, 6.45) is 17.7. The fraction of sp³-hybridized carbons (Fsp3) is 0.544. The lowest BCUT2D eigenvalue weighted by Crippen LogP contribution is -2.14. The van der Waals surface area contributed by atoms with Gasteiger partial charge in [-0.2, -0.15) is 25.3 Å². The highest BCUT2D eigenvalue weighted by molar-refractivity contribution is 8.20. The lowest BCUT2D eigenvalue weighted by atomic mass is 10.0. The molecular weight excluding hydrogens is 892 g/mol. The number of ketones is 2. The first-order valence-electron chi connectivity index (χ1n) is 24.3. The largest absolute Gasteiger partial charge is 0.388 e. The Morgan fingerprint density at radius 2 is 0.969 bits per heavy atom. The molecule has 0 amide bonds. The summed E-state index contributed by atoms with van der Waals surface area (Å²) < 4.78 is 0.363. The van der Waals surface area contributed by atoms with Crippen LogP contribution in [0.15, 0.2) is 97.1 Å². The second kappa shape index (κ2) is 41.0. The standard InChI is InChI=1S/C16H24S2.C14H22O.C14H20O.C9H10O.C2H7P.C2H6S2/c1-3-4-5-6-11-16(17-12-13-18-16)15-9-7-14(2)8-10-15;2*1-3-4-5-6-7-14(15)13-10-8-12(2)9-11-13;1-7-3-5-9(6-4-7)8(2)10;1-3-2;3-1-2-4/h7-10H,3-6,11-13H2,1-2H3;8-11,14-15H,3-7H2,1-2H3;8-11H,3-7H2,1-2H3;3-6H,1-2H3;3H,1-2H3;3-4H,1-2H2. The van der Waals surface area contributed by atoms with E-state index in [0.717, 1.165) is 56.0 Å². The molecule has 3 nitrogen and oxygen atoms in total. The van der Waals surface area contributed by atoms with Crippen molar-refractivity contribution in [2.45, 2.75) is 162 Å². The van der Waals surface area contributed by atoms with Crippen molar-refractivity contribution >= 4 is 68.9 Å². The number of carbonyl (C=O) groups is 2. The summed E-state index contributed by atoms with van der Waals surface area (Å²) in [6, 6.07) is 32.8. The van der Waals surface area contributed by atoms with Crippen LogP contribution in [0.3, 0.4) is 0 Å². The van der Waals surface area contributed by atoms with Crippen LogP contribution in [-0.4, -0.2) is 53.0 Å². The van der Waals surface area contributed by atoms with Gasteiger partial charge < -0.3 is 5.11 Å². The van der Waals surface area contributed by atoms with E-state index >= 15 is 0 Å². The van der Waals surface area contributed by atoms with E-state index in [0.29, 0.717) is 10.5 Å². The van der Waals surface area contributed by atoms with E-state index in [1.807, 2.05) is 74.5 Å². The zero-order valence-electron chi connectivity index (χ0n) is 42.2. The molecule has 0 bridgehead atoms. The van der Waals surface area contributed by atoms with Gasteiger partial charge in [0.2, 0.25) is 0 Å². The smallest absolute Gasteiger partial charge is 0.162 e. The predicted molar refractivity (Wildman–Crippen MR) is 305 cm³/mol. The molecule has 5 rings (SSSR count). The molecule has 1 aliphatic heterocycles.